The number of nitrogens with zero attached hydrogens (tertiary/aromatic N) is 5. The average Bonchev–Trinajstić information content (AvgIpc) is 3.47. The number of amides is 1. The number of rotatable bonds is 5. The number of anilines is 1. The molecule has 166 valence electrons. The second-order valence-corrected chi connectivity index (χ2v) is 7.77. The second-order valence-electron chi connectivity index (χ2n) is 7.77. The van der Waals surface area contributed by atoms with Gasteiger partial charge in [0.1, 0.15) is 12.1 Å². The number of tetrazole rings is 1. The monoisotopic (exact) mass is 438 g/mol. The number of hydrogen-bond donors (Lipinski definition) is 1. The molecule has 0 bridgehead atoms. The van der Waals surface area contributed by atoms with Gasteiger partial charge in [0.05, 0.1) is 37.2 Å². The number of nitrogens with one attached hydrogen (secondary N) is 1. The lowest BCUT2D eigenvalue weighted by atomic mass is 10.0. The molecular weight excluding hydrogens is 415 g/mol. The van der Waals surface area contributed by atoms with Crippen LogP contribution in [0.1, 0.15) is 30.9 Å². The van der Waals surface area contributed by atoms with Crippen LogP contribution in [0.4, 0.5) is 10.1 Å². The van der Waals surface area contributed by atoms with Crippen LogP contribution < -0.4 is 14.8 Å². The van der Waals surface area contributed by atoms with Gasteiger partial charge >= 0.3 is 0 Å². The van der Waals surface area contributed by atoms with Crippen LogP contribution in [0.5, 0.6) is 11.5 Å². The Labute approximate surface area is 184 Å². The molecule has 9 nitrogen and oxygen atoms in total. The van der Waals surface area contributed by atoms with Gasteiger partial charge in [-0.05, 0) is 59.2 Å². The first-order valence-electron chi connectivity index (χ1n) is 10.6. The van der Waals surface area contributed by atoms with Gasteiger partial charge in [-0.2, -0.15) is 0 Å². The Bertz CT molecular complexity index is 1110. The van der Waals surface area contributed by atoms with Gasteiger partial charge in [-0.15, -0.1) is 5.10 Å². The van der Waals surface area contributed by atoms with E-state index in [4.69, 9.17) is 9.47 Å². The lowest BCUT2D eigenvalue weighted by Gasteiger charge is -2.26. The predicted molar refractivity (Wildman–Crippen MR) is 113 cm³/mol. The lowest BCUT2D eigenvalue weighted by molar-refractivity contribution is -0.130. The zero-order chi connectivity index (χ0) is 21.9. The number of fused-ring (bicyclic) bond motifs is 1. The first-order valence-corrected chi connectivity index (χ1v) is 10.6. The summed E-state index contributed by atoms with van der Waals surface area (Å²) in [5.41, 5.74) is 1.84. The number of aromatic nitrogens is 4. The number of hydrogen-bond acceptors (Lipinski definition) is 7. The van der Waals surface area contributed by atoms with E-state index in [1.807, 2.05) is 23.1 Å². The van der Waals surface area contributed by atoms with E-state index in [-0.39, 0.29) is 24.2 Å². The highest BCUT2D eigenvalue weighted by Crippen LogP contribution is 2.38. The minimum absolute atomic E-state index is 0.0168. The van der Waals surface area contributed by atoms with Crippen molar-refractivity contribution in [2.45, 2.75) is 25.3 Å². The zero-order valence-corrected chi connectivity index (χ0v) is 17.4. The molecule has 1 aromatic heterocycles. The molecule has 1 fully saturated rings. The van der Waals surface area contributed by atoms with Crippen molar-refractivity contribution in [1.29, 1.82) is 0 Å². The Hall–Kier alpha value is -3.69. The maximum absolute atomic E-state index is 14.3. The maximum Gasteiger partial charge on any atom is 0.242 e. The van der Waals surface area contributed by atoms with Crippen LogP contribution in [0.2, 0.25) is 0 Å². The van der Waals surface area contributed by atoms with Crippen LogP contribution in [0.15, 0.2) is 42.7 Å². The number of carbonyl (C=O) groups is 1. The van der Waals surface area contributed by atoms with Crippen molar-refractivity contribution in [3.05, 3.63) is 54.1 Å². The molecule has 0 radical (unpaired) electrons. The third kappa shape index (κ3) is 4.08. The van der Waals surface area contributed by atoms with Crippen molar-refractivity contribution < 1.29 is 18.7 Å². The summed E-state index contributed by atoms with van der Waals surface area (Å²) < 4.78 is 27.2. The molecule has 1 saturated heterocycles. The zero-order valence-electron chi connectivity index (χ0n) is 17.4. The highest BCUT2D eigenvalue weighted by molar-refractivity contribution is 5.81. The number of carbonyl (C=O) groups excluding carboxylic acids is 1. The number of benzene rings is 2. The Morgan fingerprint density at radius 1 is 1.12 bits per heavy atom. The standard InChI is InChI=1S/C22H23FN6O3/c23-17-6-5-16(29-14-25-26-27-29)12-18(17)24-13-22(30)28-8-1-3-19(28)15-4-7-20-21(11-15)32-10-2-9-31-20/h4-7,11-12,14,19,24H,1-3,8-10,13H2. The quantitative estimate of drug-likeness (QED) is 0.655. The van der Waals surface area contributed by atoms with Gasteiger partial charge in [0, 0.05) is 13.0 Å². The number of likely N-dealkylation sites (tertiary alicyclic amines) is 1. The van der Waals surface area contributed by atoms with Crippen molar-refractivity contribution in [3.8, 4) is 17.2 Å². The Balaban J connectivity index is 1.29. The molecule has 3 aromatic rings. The van der Waals surface area contributed by atoms with Crippen molar-refractivity contribution in [1.82, 2.24) is 25.1 Å². The number of halogens is 1. The Morgan fingerprint density at radius 2 is 2.00 bits per heavy atom. The van der Waals surface area contributed by atoms with E-state index in [9.17, 15) is 9.18 Å². The lowest BCUT2D eigenvalue weighted by Crippen LogP contribution is -2.35. The van der Waals surface area contributed by atoms with Crippen LogP contribution >= 0.6 is 0 Å². The first kappa shape index (κ1) is 20.2. The van der Waals surface area contributed by atoms with Crippen molar-refractivity contribution in [2.75, 3.05) is 31.6 Å². The average molecular weight is 438 g/mol. The summed E-state index contributed by atoms with van der Waals surface area (Å²) in [5, 5.41) is 13.9. The third-order valence-corrected chi connectivity index (χ3v) is 5.72. The van der Waals surface area contributed by atoms with Crippen LogP contribution in [0.3, 0.4) is 0 Å². The van der Waals surface area contributed by atoms with Crippen LogP contribution in [0.25, 0.3) is 5.69 Å². The molecule has 10 heteroatoms. The fourth-order valence-corrected chi connectivity index (χ4v) is 4.14. The molecule has 1 atom stereocenters. The molecule has 1 N–H and O–H groups in total. The summed E-state index contributed by atoms with van der Waals surface area (Å²) in [6, 6.07) is 10.3. The second kappa shape index (κ2) is 8.81. The SMILES string of the molecule is O=C(CNc1cc(-n2cnnn2)ccc1F)N1CCCC1c1ccc2c(c1)OCCCO2. The topological polar surface area (TPSA) is 94.4 Å². The van der Waals surface area contributed by atoms with Gasteiger partial charge in [0.2, 0.25) is 5.91 Å². The molecule has 3 heterocycles. The van der Waals surface area contributed by atoms with E-state index in [1.165, 1.54) is 17.1 Å². The molecule has 0 aliphatic carbocycles. The van der Waals surface area contributed by atoms with Gasteiger partial charge in [-0.25, -0.2) is 9.07 Å². The minimum Gasteiger partial charge on any atom is -0.490 e. The van der Waals surface area contributed by atoms with Gasteiger partial charge in [0.25, 0.3) is 0 Å². The summed E-state index contributed by atoms with van der Waals surface area (Å²) in [6.07, 6.45) is 4.05. The molecule has 1 amide bonds. The van der Waals surface area contributed by atoms with Crippen molar-refractivity contribution in [3.63, 3.8) is 0 Å². The smallest absolute Gasteiger partial charge is 0.242 e. The minimum atomic E-state index is -0.449. The largest absolute Gasteiger partial charge is 0.490 e. The molecule has 0 spiro atoms. The molecule has 2 aliphatic rings. The van der Waals surface area contributed by atoms with Gasteiger partial charge in [0.15, 0.2) is 11.5 Å². The molecule has 32 heavy (non-hydrogen) atoms. The Kier molecular flexibility index (Phi) is 5.57. The van der Waals surface area contributed by atoms with Gasteiger partial charge < -0.3 is 19.7 Å². The first-order chi connectivity index (χ1) is 15.7. The van der Waals surface area contributed by atoms with Crippen LogP contribution in [0, 0.1) is 5.82 Å². The summed E-state index contributed by atoms with van der Waals surface area (Å²) in [4.78, 5) is 14.9. The van der Waals surface area contributed by atoms with Crippen molar-refractivity contribution >= 4 is 11.6 Å². The van der Waals surface area contributed by atoms with E-state index < -0.39 is 5.82 Å². The van der Waals surface area contributed by atoms with Crippen LogP contribution in [-0.4, -0.2) is 57.3 Å². The maximum atomic E-state index is 14.3. The normalized spacial score (nSPS) is 17.8. The van der Waals surface area contributed by atoms with Gasteiger partial charge in [-0.1, -0.05) is 6.07 Å². The van der Waals surface area contributed by atoms with E-state index >= 15 is 0 Å². The summed E-state index contributed by atoms with van der Waals surface area (Å²) in [6.45, 7) is 1.89. The molecule has 1 unspecified atom stereocenters. The predicted octanol–water partition coefficient (Wildman–Crippen LogP) is 2.74. The highest BCUT2D eigenvalue weighted by Gasteiger charge is 2.30. The highest BCUT2D eigenvalue weighted by atomic mass is 19.1. The van der Waals surface area contributed by atoms with Crippen LogP contribution in [-0.2, 0) is 4.79 Å². The Morgan fingerprint density at radius 3 is 2.84 bits per heavy atom. The fraction of sp³-hybridized carbons (Fsp3) is 0.364. The molecule has 2 aliphatic heterocycles. The number of ether oxygens (including phenoxy) is 2. The third-order valence-electron chi connectivity index (χ3n) is 5.72. The molecule has 0 saturated carbocycles. The summed E-state index contributed by atoms with van der Waals surface area (Å²) in [7, 11) is 0. The van der Waals surface area contributed by atoms with E-state index in [0.29, 0.717) is 25.4 Å². The summed E-state index contributed by atoms with van der Waals surface area (Å²) >= 11 is 0. The van der Waals surface area contributed by atoms with E-state index in [0.717, 1.165) is 36.3 Å². The van der Waals surface area contributed by atoms with Crippen molar-refractivity contribution in [2.24, 2.45) is 0 Å². The molecule has 5 rings (SSSR count). The molecule has 2 aromatic carbocycles. The fourth-order valence-electron chi connectivity index (χ4n) is 4.14. The van der Waals surface area contributed by atoms with E-state index in [1.54, 1.807) is 12.1 Å². The molecular formula is C22H23FN6O3. The summed E-state index contributed by atoms with van der Waals surface area (Å²) in [5.74, 6) is 0.919. The van der Waals surface area contributed by atoms with Gasteiger partial charge in [-0.3, -0.25) is 4.79 Å². The van der Waals surface area contributed by atoms with E-state index in [2.05, 4.69) is 20.8 Å².